The lowest BCUT2D eigenvalue weighted by Crippen LogP contribution is -2.25. The van der Waals surface area contributed by atoms with E-state index in [-0.39, 0.29) is 5.56 Å². The number of amides is 1. The molecule has 0 unspecified atom stereocenters. The van der Waals surface area contributed by atoms with Crippen LogP contribution in [0.5, 0.6) is 0 Å². The van der Waals surface area contributed by atoms with Gasteiger partial charge in [0.05, 0.1) is 0 Å². The Kier molecular flexibility index (Phi) is 5.09. The van der Waals surface area contributed by atoms with Crippen molar-refractivity contribution in [2.45, 2.75) is 6.42 Å². The molecule has 2 aromatic carbocycles. The summed E-state index contributed by atoms with van der Waals surface area (Å²) in [5.74, 6) is -1.85. The number of hydrogen-bond acceptors (Lipinski definition) is 3. The maximum atomic E-state index is 13.1. The largest absolute Gasteiger partial charge is 0.352 e. The molecular formula is C19H15F2N3O. The number of carbonyl (C=O) groups is 1. The van der Waals surface area contributed by atoms with Crippen molar-refractivity contribution in [3.05, 3.63) is 83.7 Å². The molecule has 3 aromatic rings. The van der Waals surface area contributed by atoms with E-state index in [0.717, 1.165) is 23.3 Å². The van der Waals surface area contributed by atoms with Crippen LogP contribution >= 0.6 is 0 Å². The van der Waals surface area contributed by atoms with Crippen LogP contribution < -0.4 is 5.32 Å². The van der Waals surface area contributed by atoms with E-state index in [1.807, 2.05) is 30.3 Å². The Hall–Kier alpha value is -3.15. The summed E-state index contributed by atoms with van der Waals surface area (Å²) in [4.78, 5) is 20.5. The van der Waals surface area contributed by atoms with Gasteiger partial charge in [-0.3, -0.25) is 4.79 Å². The van der Waals surface area contributed by atoms with Crippen molar-refractivity contribution in [2.75, 3.05) is 6.54 Å². The van der Waals surface area contributed by atoms with Crippen LogP contribution in [0.25, 0.3) is 11.4 Å². The summed E-state index contributed by atoms with van der Waals surface area (Å²) in [7, 11) is 0. The highest BCUT2D eigenvalue weighted by molar-refractivity contribution is 5.94. The highest BCUT2D eigenvalue weighted by Crippen LogP contribution is 2.13. The summed E-state index contributed by atoms with van der Waals surface area (Å²) in [6.45, 7) is 0.339. The van der Waals surface area contributed by atoms with Crippen molar-refractivity contribution in [2.24, 2.45) is 0 Å². The zero-order valence-electron chi connectivity index (χ0n) is 13.2. The topological polar surface area (TPSA) is 54.9 Å². The molecule has 25 heavy (non-hydrogen) atoms. The van der Waals surface area contributed by atoms with Gasteiger partial charge < -0.3 is 5.32 Å². The molecule has 0 aliphatic heterocycles. The second-order valence-electron chi connectivity index (χ2n) is 5.42. The Bertz CT molecular complexity index is 868. The molecule has 0 radical (unpaired) electrons. The summed E-state index contributed by atoms with van der Waals surface area (Å²) in [6.07, 6.45) is 3.95. The van der Waals surface area contributed by atoms with E-state index < -0.39 is 17.5 Å². The molecule has 1 aromatic heterocycles. The molecule has 126 valence electrons. The monoisotopic (exact) mass is 339 g/mol. The van der Waals surface area contributed by atoms with E-state index in [2.05, 4.69) is 15.3 Å². The second-order valence-corrected chi connectivity index (χ2v) is 5.42. The van der Waals surface area contributed by atoms with E-state index in [4.69, 9.17) is 0 Å². The van der Waals surface area contributed by atoms with Crippen molar-refractivity contribution in [1.29, 1.82) is 0 Å². The smallest absolute Gasteiger partial charge is 0.251 e. The number of carbonyl (C=O) groups excluding carboxylic acids is 1. The van der Waals surface area contributed by atoms with Gasteiger partial charge in [-0.2, -0.15) is 0 Å². The molecule has 0 atom stereocenters. The van der Waals surface area contributed by atoms with Crippen LogP contribution in [-0.2, 0) is 6.42 Å². The summed E-state index contributed by atoms with van der Waals surface area (Å²) in [5, 5.41) is 2.66. The number of nitrogens with one attached hydrogen (secondary N) is 1. The second kappa shape index (κ2) is 7.61. The van der Waals surface area contributed by atoms with Crippen LogP contribution in [0.2, 0.25) is 0 Å². The maximum Gasteiger partial charge on any atom is 0.251 e. The SMILES string of the molecule is O=C(NCCc1cnc(-c2ccccc2)nc1)c1ccc(F)c(F)c1. The minimum Gasteiger partial charge on any atom is -0.352 e. The summed E-state index contributed by atoms with van der Waals surface area (Å²) in [5.41, 5.74) is 1.88. The molecule has 1 N–H and O–H groups in total. The third-order valence-corrected chi connectivity index (χ3v) is 3.62. The Labute approximate surface area is 143 Å². The van der Waals surface area contributed by atoms with Gasteiger partial charge in [-0.05, 0) is 30.2 Å². The predicted molar refractivity (Wildman–Crippen MR) is 89.9 cm³/mol. The lowest BCUT2D eigenvalue weighted by atomic mass is 10.2. The average Bonchev–Trinajstić information content (AvgIpc) is 2.65. The van der Waals surface area contributed by atoms with Crippen LogP contribution in [0.15, 0.2) is 60.9 Å². The molecule has 0 saturated heterocycles. The Morgan fingerprint density at radius 1 is 0.960 bits per heavy atom. The zero-order valence-corrected chi connectivity index (χ0v) is 13.2. The summed E-state index contributed by atoms with van der Waals surface area (Å²) < 4.78 is 26.0. The van der Waals surface area contributed by atoms with Gasteiger partial charge >= 0.3 is 0 Å². The molecule has 6 heteroatoms. The number of nitrogens with zero attached hydrogens (tertiary/aromatic N) is 2. The highest BCUT2D eigenvalue weighted by Gasteiger charge is 2.09. The van der Waals surface area contributed by atoms with Crippen LogP contribution in [0.3, 0.4) is 0 Å². The van der Waals surface area contributed by atoms with Crippen molar-refractivity contribution in [1.82, 2.24) is 15.3 Å². The number of rotatable bonds is 5. The first-order valence-electron chi connectivity index (χ1n) is 7.73. The van der Waals surface area contributed by atoms with Gasteiger partial charge in [0, 0.05) is 30.1 Å². The van der Waals surface area contributed by atoms with E-state index in [9.17, 15) is 13.6 Å². The van der Waals surface area contributed by atoms with Crippen LogP contribution in [0.4, 0.5) is 8.78 Å². The van der Waals surface area contributed by atoms with E-state index in [1.54, 1.807) is 12.4 Å². The van der Waals surface area contributed by atoms with Gasteiger partial charge in [-0.15, -0.1) is 0 Å². The molecule has 1 amide bonds. The average molecular weight is 339 g/mol. The molecule has 4 nitrogen and oxygen atoms in total. The minimum atomic E-state index is -1.04. The number of benzene rings is 2. The molecular weight excluding hydrogens is 324 g/mol. The fraction of sp³-hybridized carbons (Fsp3) is 0.105. The quantitative estimate of drug-likeness (QED) is 0.775. The Balaban J connectivity index is 1.55. The molecule has 0 bridgehead atoms. The summed E-state index contributed by atoms with van der Waals surface area (Å²) >= 11 is 0. The van der Waals surface area contributed by atoms with E-state index >= 15 is 0 Å². The zero-order chi connectivity index (χ0) is 17.6. The van der Waals surface area contributed by atoms with Gasteiger partial charge in [0.1, 0.15) is 0 Å². The standard InChI is InChI=1S/C19H15F2N3O/c20-16-7-6-15(10-17(16)21)19(25)22-9-8-13-11-23-18(24-12-13)14-4-2-1-3-5-14/h1-7,10-12H,8-9H2,(H,22,25). The fourth-order valence-electron chi connectivity index (χ4n) is 2.28. The molecule has 0 aliphatic rings. The van der Waals surface area contributed by atoms with Gasteiger partial charge in [0.15, 0.2) is 17.5 Å². The van der Waals surface area contributed by atoms with Gasteiger partial charge in [-0.1, -0.05) is 30.3 Å². The van der Waals surface area contributed by atoms with Gasteiger partial charge in [0.25, 0.3) is 5.91 Å². The molecule has 3 rings (SSSR count). The van der Waals surface area contributed by atoms with E-state index in [0.29, 0.717) is 18.8 Å². The first-order valence-corrected chi connectivity index (χ1v) is 7.73. The van der Waals surface area contributed by atoms with Crippen molar-refractivity contribution in [3.63, 3.8) is 0 Å². The van der Waals surface area contributed by atoms with Crippen LogP contribution in [0.1, 0.15) is 15.9 Å². The molecule has 0 fully saturated rings. The normalized spacial score (nSPS) is 10.5. The van der Waals surface area contributed by atoms with Crippen molar-refractivity contribution < 1.29 is 13.6 Å². The predicted octanol–water partition coefficient (Wildman–Crippen LogP) is 3.39. The Morgan fingerprint density at radius 2 is 1.68 bits per heavy atom. The number of aromatic nitrogens is 2. The maximum absolute atomic E-state index is 13.1. The molecule has 0 saturated carbocycles. The van der Waals surface area contributed by atoms with Crippen LogP contribution in [0, 0.1) is 11.6 Å². The van der Waals surface area contributed by atoms with Gasteiger partial charge in [-0.25, -0.2) is 18.7 Å². The minimum absolute atomic E-state index is 0.0783. The van der Waals surface area contributed by atoms with Crippen molar-refractivity contribution >= 4 is 5.91 Å². The van der Waals surface area contributed by atoms with Crippen molar-refractivity contribution in [3.8, 4) is 11.4 Å². The Morgan fingerprint density at radius 3 is 2.36 bits per heavy atom. The lowest BCUT2D eigenvalue weighted by Gasteiger charge is -2.06. The van der Waals surface area contributed by atoms with E-state index in [1.165, 1.54) is 6.07 Å². The third-order valence-electron chi connectivity index (χ3n) is 3.62. The number of halogens is 2. The highest BCUT2D eigenvalue weighted by atomic mass is 19.2. The summed E-state index contributed by atoms with van der Waals surface area (Å²) in [6, 6.07) is 12.7. The van der Waals surface area contributed by atoms with Gasteiger partial charge in [0.2, 0.25) is 0 Å². The number of hydrogen-bond donors (Lipinski definition) is 1. The molecule has 1 heterocycles. The fourth-order valence-corrected chi connectivity index (χ4v) is 2.28. The third kappa shape index (κ3) is 4.23. The lowest BCUT2D eigenvalue weighted by molar-refractivity contribution is 0.0953. The first kappa shape index (κ1) is 16.7. The van der Waals surface area contributed by atoms with Crippen LogP contribution in [-0.4, -0.2) is 22.4 Å². The molecule has 0 aliphatic carbocycles. The first-order chi connectivity index (χ1) is 12.1. The molecule has 0 spiro atoms.